The van der Waals surface area contributed by atoms with Crippen LogP contribution in [0, 0.1) is 0 Å². The molecule has 0 atom stereocenters. The van der Waals surface area contributed by atoms with Gasteiger partial charge in [0.25, 0.3) is 0 Å². The van der Waals surface area contributed by atoms with Gasteiger partial charge in [-0.1, -0.05) is 42.5 Å². The molecule has 1 aromatic carbocycles. The van der Waals surface area contributed by atoms with E-state index in [0.717, 1.165) is 38.5 Å². The van der Waals surface area contributed by atoms with Gasteiger partial charge in [-0.05, 0) is 11.6 Å². The molecular weight excluding hydrogens is 288 g/mol. The van der Waals surface area contributed by atoms with Crippen LogP contribution in [0.5, 0.6) is 5.88 Å². The quantitative estimate of drug-likeness (QED) is 0.848. The molecule has 5 heteroatoms. The van der Waals surface area contributed by atoms with Crippen molar-refractivity contribution in [1.82, 2.24) is 15.1 Å². The van der Waals surface area contributed by atoms with E-state index in [9.17, 15) is 0 Å². The molecule has 0 radical (unpaired) electrons. The third-order valence-corrected chi connectivity index (χ3v) is 4.00. The fourth-order valence-corrected chi connectivity index (χ4v) is 2.65. The highest BCUT2D eigenvalue weighted by atomic mass is 16.5. The Kier molecular flexibility index (Phi) is 5.21. The molecule has 1 saturated heterocycles. The van der Waals surface area contributed by atoms with E-state index >= 15 is 0 Å². The van der Waals surface area contributed by atoms with Crippen molar-refractivity contribution in [3.8, 4) is 5.88 Å². The number of nitrogens with zero attached hydrogens (tertiary/aromatic N) is 4. The number of aromatic nitrogens is 2. The molecule has 0 aliphatic carbocycles. The number of benzene rings is 1. The maximum atomic E-state index is 5.05. The van der Waals surface area contributed by atoms with Gasteiger partial charge in [0.05, 0.1) is 7.11 Å². The van der Waals surface area contributed by atoms with Gasteiger partial charge in [0.15, 0.2) is 5.82 Å². The Labute approximate surface area is 137 Å². The van der Waals surface area contributed by atoms with Gasteiger partial charge in [-0.2, -0.15) is 0 Å². The van der Waals surface area contributed by atoms with Crippen molar-refractivity contribution >= 4 is 11.9 Å². The number of methoxy groups -OCH3 is 1. The van der Waals surface area contributed by atoms with Gasteiger partial charge in [-0.15, -0.1) is 10.2 Å². The van der Waals surface area contributed by atoms with Crippen molar-refractivity contribution in [2.45, 2.75) is 0 Å². The van der Waals surface area contributed by atoms with Gasteiger partial charge in [0, 0.05) is 38.8 Å². The van der Waals surface area contributed by atoms with Crippen LogP contribution < -0.4 is 9.64 Å². The summed E-state index contributed by atoms with van der Waals surface area (Å²) in [6.45, 7) is 5.00. The summed E-state index contributed by atoms with van der Waals surface area (Å²) in [5.41, 5.74) is 1.25. The van der Waals surface area contributed by atoms with Crippen LogP contribution >= 0.6 is 0 Å². The first-order valence-electron chi connectivity index (χ1n) is 7.92. The van der Waals surface area contributed by atoms with Crippen molar-refractivity contribution in [2.75, 3.05) is 44.7 Å². The number of anilines is 1. The SMILES string of the molecule is COc1ccc(N2CCN(C/C=C/c3ccccc3)CC2)nn1. The minimum absolute atomic E-state index is 0.554. The zero-order valence-electron chi connectivity index (χ0n) is 13.4. The number of hydrogen-bond acceptors (Lipinski definition) is 5. The van der Waals surface area contributed by atoms with E-state index in [-0.39, 0.29) is 0 Å². The van der Waals surface area contributed by atoms with Crippen molar-refractivity contribution in [3.63, 3.8) is 0 Å². The zero-order chi connectivity index (χ0) is 15.9. The molecule has 1 aliphatic rings. The molecule has 0 saturated carbocycles. The first kappa shape index (κ1) is 15.5. The predicted octanol–water partition coefficient (Wildman–Crippen LogP) is 2.32. The Morgan fingerprint density at radius 1 is 1.00 bits per heavy atom. The Morgan fingerprint density at radius 3 is 2.43 bits per heavy atom. The Morgan fingerprint density at radius 2 is 1.78 bits per heavy atom. The molecule has 5 nitrogen and oxygen atoms in total. The highest BCUT2D eigenvalue weighted by Crippen LogP contribution is 2.15. The van der Waals surface area contributed by atoms with Gasteiger partial charge in [-0.25, -0.2) is 0 Å². The first-order chi connectivity index (χ1) is 11.3. The molecular formula is C18H22N4O. The normalized spacial score (nSPS) is 16.0. The fourth-order valence-electron chi connectivity index (χ4n) is 2.65. The van der Waals surface area contributed by atoms with Crippen LogP contribution in [0.15, 0.2) is 48.5 Å². The highest BCUT2D eigenvalue weighted by molar-refractivity contribution is 5.48. The lowest BCUT2D eigenvalue weighted by Crippen LogP contribution is -2.46. The van der Waals surface area contributed by atoms with Crippen LogP contribution in [0.2, 0.25) is 0 Å². The summed E-state index contributed by atoms with van der Waals surface area (Å²) in [5, 5.41) is 8.25. The summed E-state index contributed by atoms with van der Waals surface area (Å²) < 4.78 is 5.05. The van der Waals surface area contributed by atoms with Gasteiger partial charge in [-0.3, -0.25) is 4.90 Å². The van der Waals surface area contributed by atoms with Crippen molar-refractivity contribution in [1.29, 1.82) is 0 Å². The van der Waals surface area contributed by atoms with Crippen LogP contribution in [0.1, 0.15) is 5.56 Å². The summed E-state index contributed by atoms with van der Waals surface area (Å²) in [7, 11) is 1.60. The molecule has 0 amide bonds. The molecule has 0 N–H and O–H groups in total. The molecule has 0 bridgehead atoms. The van der Waals surface area contributed by atoms with Gasteiger partial charge in [0.1, 0.15) is 0 Å². The van der Waals surface area contributed by atoms with Crippen molar-refractivity contribution < 1.29 is 4.74 Å². The maximum Gasteiger partial charge on any atom is 0.233 e. The monoisotopic (exact) mass is 310 g/mol. The van der Waals surface area contributed by atoms with E-state index in [1.54, 1.807) is 7.11 Å². The Balaban J connectivity index is 1.47. The lowest BCUT2D eigenvalue weighted by molar-refractivity contribution is 0.283. The predicted molar refractivity (Wildman–Crippen MR) is 92.7 cm³/mol. The summed E-state index contributed by atoms with van der Waals surface area (Å²) in [6.07, 6.45) is 4.42. The van der Waals surface area contributed by atoms with Crippen LogP contribution in [0.25, 0.3) is 6.08 Å². The zero-order valence-corrected chi connectivity index (χ0v) is 13.4. The smallest absolute Gasteiger partial charge is 0.233 e. The molecule has 23 heavy (non-hydrogen) atoms. The minimum atomic E-state index is 0.554. The second-order valence-corrected chi connectivity index (χ2v) is 5.53. The molecule has 3 rings (SSSR count). The van der Waals surface area contributed by atoms with E-state index in [2.05, 4.69) is 56.4 Å². The summed E-state index contributed by atoms with van der Waals surface area (Å²) >= 11 is 0. The van der Waals surface area contributed by atoms with Gasteiger partial charge >= 0.3 is 0 Å². The number of hydrogen-bond donors (Lipinski definition) is 0. The van der Waals surface area contributed by atoms with Gasteiger partial charge < -0.3 is 9.64 Å². The summed E-state index contributed by atoms with van der Waals surface area (Å²) in [4.78, 5) is 4.72. The lowest BCUT2D eigenvalue weighted by Gasteiger charge is -2.34. The van der Waals surface area contributed by atoms with E-state index < -0.39 is 0 Å². The number of ether oxygens (including phenoxy) is 1. The molecule has 120 valence electrons. The second-order valence-electron chi connectivity index (χ2n) is 5.53. The van der Waals surface area contributed by atoms with E-state index in [0.29, 0.717) is 5.88 Å². The highest BCUT2D eigenvalue weighted by Gasteiger charge is 2.17. The third kappa shape index (κ3) is 4.29. The van der Waals surface area contributed by atoms with Crippen LogP contribution in [-0.2, 0) is 0 Å². The van der Waals surface area contributed by atoms with Crippen LogP contribution in [-0.4, -0.2) is 54.9 Å². The van der Waals surface area contributed by atoms with E-state index in [4.69, 9.17) is 4.74 Å². The molecule has 1 aromatic heterocycles. The molecule has 1 fully saturated rings. The molecule has 2 heterocycles. The average Bonchev–Trinajstić information content (AvgIpc) is 2.63. The molecule has 0 unspecified atom stereocenters. The molecule has 1 aliphatic heterocycles. The van der Waals surface area contributed by atoms with Crippen LogP contribution in [0.4, 0.5) is 5.82 Å². The topological polar surface area (TPSA) is 41.5 Å². The molecule has 0 spiro atoms. The van der Waals surface area contributed by atoms with Crippen molar-refractivity contribution in [2.24, 2.45) is 0 Å². The average molecular weight is 310 g/mol. The van der Waals surface area contributed by atoms with E-state index in [1.807, 2.05) is 18.2 Å². The van der Waals surface area contributed by atoms with Gasteiger partial charge in [0.2, 0.25) is 5.88 Å². The summed E-state index contributed by atoms with van der Waals surface area (Å²) in [6, 6.07) is 14.2. The third-order valence-electron chi connectivity index (χ3n) is 4.00. The Hall–Kier alpha value is -2.40. The number of piperazine rings is 1. The largest absolute Gasteiger partial charge is 0.480 e. The fraction of sp³-hybridized carbons (Fsp3) is 0.333. The summed E-state index contributed by atoms with van der Waals surface area (Å²) in [5.74, 6) is 1.48. The first-order valence-corrected chi connectivity index (χ1v) is 7.92. The minimum Gasteiger partial charge on any atom is -0.480 e. The maximum absolute atomic E-state index is 5.05. The molecule has 2 aromatic rings. The van der Waals surface area contributed by atoms with Crippen molar-refractivity contribution in [3.05, 3.63) is 54.1 Å². The standard InChI is InChI=1S/C18H22N4O/c1-23-18-10-9-17(19-20-18)22-14-12-21(13-15-22)11-5-8-16-6-3-2-4-7-16/h2-10H,11-15H2,1H3/b8-5+. The lowest BCUT2D eigenvalue weighted by atomic mass is 10.2. The van der Waals surface area contributed by atoms with Crippen LogP contribution in [0.3, 0.4) is 0 Å². The van der Waals surface area contributed by atoms with E-state index in [1.165, 1.54) is 5.56 Å². The Bertz CT molecular complexity index is 619. The second kappa shape index (κ2) is 7.74. The number of rotatable bonds is 5.